The van der Waals surface area contributed by atoms with Crippen LogP contribution in [0.25, 0.3) is 0 Å². The summed E-state index contributed by atoms with van der Waals surface area (Å²) in [6, 6.07) is 12.4. The van der Waals surface area contributed by atoms with Gasteiger partial charge >= 0.3 is 0 Å². The minimum atomic E-state index is 0. The highest BCUT2D eigenvalue weighted by molar-refractivity contribution is 14.0. The minimum Gasteiger partial charge on any atom is -0.356 e. The summed E-state index contributed by atoms with van der Waals surface area (Å²) in [5.41, 5.74) is 3.68. The molecule has 0 spiro atoms. The molecule has 2 rings (SSSR count). The molecule has 26 heavy (non-hydrogen) atoms. The molecule has 2 N–H and O–H groups in total. The SMILES string of the molecule is CN=C(NCCc1ccc(Cl)nc1)NCc1ccc(CN(C)C)cc1.I. The molecular weight excluding hydrogens is 461 g/mol. The zero-order valence-corrected chi connectivity index (χ0v) is 18.6. The maximum atomic E-state index is 5.79. The van der Waals surface area contributed by atoms with Gasteiger partial charge in [-0.3, -0.25) is 4.99 Å². The molecule has 0 aliphatic heterocycles. The Labute approximate surface area is 178 Å². The molecule has 0 atom stereocenters. The first kappa shape index (κ1) is 22.7. The van der Waals surface area contributed by atoms with Crippen molar-refractivity contribution in [3.63, 3.8) is 0 Å². The molecule has 1 aromatic heterocycles. The second-order valence-electron chi connectivity index (χ2n) is 6.15. The van der Waals surface area contributed by atoms with Gasteiger partial charge in [-0.25, -0.2) is 4.98 Å². The smallest absolute Gasteiger partial charge is 0.191 e. The number of guanidine groups is 1. The second-order valence-corrected chi connectivity index (χ2v) is 6.53. The lowest BCUT2D eigenvalue weighted by atomic mass is 10.1. The van der Waals surface area contributed by atoms with E-state index in [1.807, 2.05) is 12.1 Å². The molecule has 0 fully saturated rings. The summed E-state index contributed by atoms with van der Waals surface area (Å²) in [4.78, 5) is 10.5. The molecule has 0 saturated heterocycles. The molecule has 0 saturated carbocycles. The maximum Gasteiger partial charge on any atom is 0.191 e. The van der Waals surface area contributed by atoms with Gasteiger partial charge in [0, 0.05) is 32.9 Å². The predicted octanol–water partition coefficient (Wildman–Crippen LogP) is 3.32. The van der Waals surface area contributed by atoms with E-state index >= 15 is 0 Å². The molecule has 0 aliphatic carbocycles. The van der Waals surface area contributed by atoms with Gasteiger partial charge in [-0.15, -0.1) is 24.0 Å². The minimum absolute atomic E-state index is 0. The lowest BCUT2D eigenvalue weighted by molar-refractivity contribution is 0.402. The van der Waals surface area contributed by atoms with E-state index in [1.165, 1.54) is 11.1 Å². The van der Waals surface area contributed by atoms with Gasteiger partial charge in [-0.1, -0.05) is 41.9 Å². The number of nitrogens with one attached hydrogen (secondary N) is 2. The van der Waals surface area contributed by atoms with Crippen molar-refractivity contribution in [2.24, 2.45) is 4.99 Å². The quantitative estimate of drug-likeness (QED) is 0.272. The Balaban J connectivity index is 0.00000338. The van der Waals surface area contributed by atoms with Crippen molar-refractivity contribution in [3.8, 4) is 0 Å². The number of nitrogens with zero attached hydrogens (tertiary/aromatic N) is 3. The van der Waals surface area contributed by atoms with Crippen LogP contribution < -0.4 is 10.6 Å². The monoisotopic (exact) mass is 487 g/mol. The summed E-state index contributed by atoms with van der Waals surface area (Å²) in [7, 11) is 5.93. The summed E-state index contributed by atoms with van der Waals surface area (Å²) in [5, 5.41) is 7.16. The number of aromatic nitrogens is 1. The summed E-state index contributed by atoms with van der Waals surface area (Å²) < 4.78 is 0. The zero-order valence-electron chi connectivity index (χ0n) is 15.5. The molecule has 0 bridgehead atoms. The zero-order chi connectivity index (χ0) is 18.1. The Morgan fingerprint density at radius 1 is 1.04 bits per heavy atom. The van der Waals surface area contributed by atoms with Crippen molar-refractivity contribution < 1.29 is 0 Å². The van der Waals surface area contributed by atoms with Crippen molar-refractivity contribution in [3.05, 3.63) is 64.4 Å². The van der Waals surface area contributed by atoms with E-state index in [9.17, 15) is 0 Å². The third-order valence-electron chi connectivity index (χ3n) is 3.70. The second kappa shape index (κ2) is 12.1. The normalized spacial score (nSPS) is 11.2. The first-order valence-corrected chi connectivity index (χ1v) is 8.72. The number of hydrogen-bond acceptors (Lipinski definition) is 3. The van der Waals surface area contributed by atoms with E-state index in [0.717, 1.165) is 37.6 Å². The number of pyridine rings is 1. The first-order valence-electron chi connectivity index (χ1n) is 8.34. The Morgan fingerprint density at radius 3 is 2.27 bits per heavy atom. The molecule has 0 amide bonds. The molecule has 2 aromatic rings. The first-order chi connectivity index (χ1) is 12.1. The Hall–Kier alpha value is -1.38. The summed E-state index contributed by atoms with van der Waals surface area (Å²) in [6.45, 7) is 2.48. The van der Waals surface area contributed by atoms with Crippen LogP contribution in [-0.4, -0.2) is 43.5 Å². The molecule has 1 aromatic carbocycles. The van der Waals surface area contributed by atoms with Crippen LogP contribution in [0, 0.1) is 0 Å². The van der Waals surface area contributed by atoms with Crippen molar-refractivity contribution in [2.45, 2.75) is 19.5 Å². The third kappa shape index (κ3) is 8.33. The van der Waals surface area contributed by atoms with Gasteiger partial charge in [-0.05, 0) is 43.3 Å². The van der Waals surface area contributed by atoms with Gasteiger partial charge in [0.05, 0.1) is 0 Å². The van der Waals surface area contributed by atoms with E-state index < -0.39 is 0 Å². The standard InChI is InChI=1S/C19H26ClN5.HI/c1-21-19(22-11-10-16-8-9-18(20)23-12-16)24-13-15-4-6-17(7-5-15)14-25(2)3;/h4-9,12H,10-11,13-14H2,1-3H3,(H2,21,22,24);1H. The fraction of sp³-hybridized carbons (Fsp3) is 0.368. The molecular formula is C19H27ClIN5. The van der Waals surface area contributed by atoms with Crippen LogP contribution in [0.15, 0.2) is 47.6 Å². The molecule has 0 unspecified atom stereocenters. The molecule has 142 valence electrons. The maximum absolute atomic E-state index is 5.79. The van der Waals surface area contributed by atoms with Crippen LogP contribution in [0.2, 0.25) is 5.15 Å². The van der Waals surface area contributed by atoms with E-state index in [2.05, 4.69) is 63.9 Å². The van der Waals surface area contributed by atoms with Gasteiger partial charge < -0.3 is 15.5 Å². The van der Waals surface area contributed by atoms with E-state index in [4.69, 9.17) is 11.6 Å². The average molecular weight is 488 g/mol. The van der Waals surface area contributed by atoms with Gasteiger partial charge in [0.15, 0.2) is 5.96 Å². The molecule has 1 heterocycles. The number of rotatable bonds is 7. The number of aliphatic imine (C=N–C) groups is 1. The number of benzene rings is 1. The Morgan fingerprint density at radius 2 is 1.69 bits per heavy atom. The third-order valence-corrected chi connectivity index (χ3v) is 3.92. The fourth-order valence-corrected chi connectivity index (χ4v) is 2.53. The van der Waals surface area contributed by atoms with E-state index in [-0.39, 0.29) is 24.0 Å². The van der Waals surface area contributed by atoms with E-state index in [0.29, 0.717) is 5.15 Å². The van der Waals surface area contributed by atoms with Crippen molar-refractivity contribution in [1.82, 2.24) is 20.5 Å². The highest BCUT2D eigenvalue weighted by Crippen LogP contribution is 2.06. The summed E-state index contributed by atoms with van der Waals surface area (Å²) >= 11 is 5.79. The molecule has 0 aliphatic rings. The van der Waals surface area contributed by atoms with Gasteiger partial charge in [0.25, 0.3) is 0 Å². The number of halogens is 2. The topological polar surface area (TPSA) is 52.6 Å². The lowest BCUT2D eigenvalue weighted by Crippen LogP contribution is -2.37. The van der Waals surface area contributed by atoms with Crippen molar-refractivity contribution >= 4 is 41.5 Å². The fourth-order valence-electron chi connectivity index (χ4n) is 2.41. The van der Waals surface area contributed by atoms with Gasteiger partial charge in [0.1, 0.15) is 5.15 Å². The van der Waals surface area contributed by atoms with Gasteiger partial charge in [-0.2, -0.15) is 0 Å². The highest BCUT2D eigenvalue weighted by atomic mass is 127. The van der Waals surface area contributed by atoms with Crippen molar-refractivity contribution in [2.75, 3.05) is 27.7 Å². The highest BCUT2D eigenvalue weighted by Gasteiger charge is 2.01. The van der Waals surface area contributed by atoms with Gasteiger partial charge in [0.2, 0.25) is 0 Å². The predicted molar refractivity (Wildman–Crippen MR) is 120 cm³/mol. The van der Waals surface area contributed by atoms with Crippen LogP contribution >= 0.6 is 35.6 Å². The van der Waals surface area contributed by atoms with Crippen LogP contribution in [0.3, 0.4) is 0 Å². The van der Waals surface area contributed by atoms with Crippen LogP contribution in [0.5, 0.6) is 0 Å². The Bertz CT molecular complexity index is 671. The largest absolute Gasteiger partial charge is 0.356 e. The summed E-state index contributed by atoms with van der Waals surface area (Å²) in [6.07, 6.45) is 2.67. The molecule has 7 heteroatoms. The average Bonchev–Trinajstić information content (AvgIpc) is 2.60. The molecule has 5 nitrogen and oxygen atoms in total. The van der Waals surface area contributed by atoms with Crippen LogP contribution in [-0.2, 0) is 19.5 Å². The van der Waals surface area contributed by atoms with E-state index in [1.54, 1.807) is 13.2 Å². The molecule has 0 radical (unpaired) electrons. The summed E-state index contributed by atoms with van der Waals surface area (Å²) in [5.74, 6) is 0.791. The number of hydrogen-bond donors (Lipinski definition) is 2. The van der Waals surface area contributed by atoms with Crippen LogP contribution in [0.4, 0.5) is 0 Å². The van der Waals surface area contributed by atoms with Crippen molar-refractivity contribution in [1.29, 1.82) is 0 Å². The lowest BCUT2D eigenvalue weighted by Gasteiger charge is -2.13. The van der Waals surface area contributed by atoms with Crippen LogP contribution in [0.1, 0.15) is 16.7 Å². The Kier molecular flexibility index (Phi) is 10.5.